The predicted octanol–water partition coefficient (Wildman–Crippen LogP) is 2.06. The van der Waals surface area contributed by atoms with Crippen LogP contribution in [0.3, 0.4) is 0 Å². The Hall–Kier alpha value is -3.47. The monoisotopic (exact) mass is 558 g/mol. The van der Waals surface area contributed by atoms with Crippen LogP contribution in [0.4, 0.5) is 0 Å². The topological polar surface area (TPSA) is 154 Å². The summed E-state index contributed by atoms with van der Waals surface area (Å²) in [7, 11) is 0. The molecule has 40 heavy (non-hydrogen) atoms. The molecule has 0 bridgehead atoms. The van der Waals surface area contributed by atoms with Crippen molar-refractivity contribution in [3.63, 3.8) is 0 Å². The SMILES string of the molecule is CC(C)(C)OC(=O)C1(CCC(=O)N2CCC[C@@H](C(=O)N[C@H](CC(=O)O)NC(=O)c3ccccc3)C2)CCNCC1. The first-order chi connectivity index (χ1) is 18.9. The van der Waals surface area contributed by atoms with Crippen LogP contribution < -0.4 is 16.0 Å². The number of amides is 3. The third-order valence-corrected chi connectivity index (χ3v) is 7.39. The van der Waals surface area contributed by atoms with Gasteiger partial charge in [-0.05, 0) is 78.1 Å². The number of piperidine rings is 2. The van der Waals surface area contributed by atoms with Gasteiger partial charge in [-0.2, -0.15) is 0 Å². The Bertz CT molecular complexity index is 1060. The fourth-order valence-corrected chi connectivity index (χ4v) is 5.20. The molecule has 3 amide bonds. The Kier molecular flexibility index (Phi) is 10.7. The molecule has 0 saturated carbocycles. The van der Waals surface area contributed by atoms with E-state index in [2.05, 4.69) is 16.0 Å². The number of benzene rings is 1. The minimum atomic E-state index is -1.17. The van der Waals surface area contributed by atoms with Crippen molar-refractivity contribution >= 4 is 29.7 Å². The van der Waals surface area contributed by atoms with Crippen molar-refractivity contribution in [3.8, 4) is 0 Å². The number of aliphatic carboxylic acids is 1. The zero-order valence-corrected chi connectivity index (χ0v) is 23.7. The number of nitrogens with one attached hydrogen (secondary N) is 3. The Morgan fingerprint density at radius 3 is 2.40 bits per heavy atom. The first kappa shape index (κ1) is 31.1. The van der Waals surface area contributed by atoms with Gasteiger partial charge in [-0.25, -0.2) is 0 Å². The maximum atomic E-state index is 13.2. The summed E-state index contributed by atoms with van der Waals surface area (Å²) in [5.74, 6) is -3.02. The van der Waals surface area contributed by atoms with Crippen LogP contribution in [0.25, 0.3) is 0 Å². The Labute approximate surface area is 235 Å². The second-order valence-corrected chi connectivity index (χ2v) is 11.7. The lowest BCUT2D eigenvalue weighted by Gasteiger charge is -2.38. The third kappa shape index (κ3) is 9.04. The third-order valence-electron chi connectivity index (χ3n) is 7.39. The van der Waals surface area contributed by atoms with E-state index in [4.69, 9.17) is 4.74 Å². The Balaban J connectivity index is 1.59. The van der Waals surface area contributed by atoms with Gasteiger partial charge in [0.1, 0.15) is 11.8 Å². The number of ether oxygens (including phenoxy) is 1. The number of hydrogen-bond donors (Lipinski definition) is 4. The first-order valence-electron chi connectivity index (χ1n) is 14.0. The fraction of sp³-hybridized carbons (Fsp3) is 0.621. The zero-order valence-electron chi connectivity index (χ0n) is 23.7. The van der Waals surface area contributed by atoms with E-state index in [9.17, 15) is 29.1 Å². The summed E-state index contributed by atoms with van der Waals surface area (Å²) in [5, 5.41) is 17.8. The summed E-state index contributed by atoms with van der Waals surface area (Å²) in [6.45, 7) is 7.55. The molecular weight excluding hydrogens is 516 g/mol. The van der Waals surface area contributed by atoms with Crippen LogP contribution in [0.5, 0.6) is 0 Å². The quantitative estimate of drug-likeness (QED) is 0.251. The van der Waals surface area contributed by atoms with Gasteiger partial charge in [0.25, 0.3) is 5.91 Å². The van der Waals surface area contributed by atoms with Crippen molar-refractivity contribution in [1.29, 1.82) is 0 Å². The number of carbonyl (C=O) groups is 5. The van der Waals surface area contributed by atoms with Crippen molar-refractivity contribution in [1.82, 2.24) is 20.9 Å². The number of carbonyl (C=O) groups excluding carboxylic acids is 4. The lowest BCUT2D eigenvalue weighted by molar-refractivity contribution is -0.170. The molecule has 0 aromatic heterocycles. The number of esters is 1. The van der Waals surface area contributed by atoms with E-state index in [1.54, 1.807) is 35.2 Å². The molecule has 2 atom stereocenters. The number of carboxylic acid groups (broad SMARTS) is 1. The molecule has 11 heteroatoms. The van der Waals surface area contributed by atoms with Crippen LogP contribution in [-0.2, 0) is 23.9 Å². The molecule has 0 radical (unpaired) electrons. The number of rotatable bonds is 10. The number of likely N-dealkylation sites (tertiary alicyclic amines) is 1. The molecule has 2 aliphatic heterocycles. The maximum absolute atomic E-state index is 13.2. The normalized spacial score (nSPS) is 19.7. The predicted molar refractivity (Wildman–Crippen MR) is 147 cm³/mol. The highest BCUT2D eigenvalue weighted by atomic mass is 16.6. The average Bonchev–Trinajstić information content (AvgIpc) is 2.91. The molecule has 1 aromatic rings. The van der Waals surface area contributed by atoms with Crippen LogP contribution in [0.2, 0.25) is 0 Å². The summed E-state index contributed by atoms with van der Waals surface area (Å²) in [6.07, 6.45) is 1.31. The summed E-state index contributed by atoms with van der Waals surface area (Å²) < 4.78 is 5.71. The van der Waals surface area contributed by atoms with Crippen LogP contribution in [0.1, 0.15) is 76.1 Å². The molecule has 1 aromatic carbocycles. The van der Waals surface area contributed by atoms with Gasteiger partial charge < -0.3 is 30.7 Å². The molecule has 220 valence electrons. The largest absolute Gasteiger partial charge is 0.481 e. The Morgan fingerprint density at radius 2 is 1.77 bits per heavy atom. The number of nitrogens with zero attached hydrogens (tertiary/aromatic N) is 1. The van der Waals surface area contributed by atoms with Crippen molar-refractivity contribution in [2.24, 2.45) is 11.3 Å². The van der Waals surface area contributed by atoms with E-state index < -0.39 is 47.3 Å². The van der Waals surface area contributed by atoms with Gasteiger partial charge in [0.05, 0.1) is 17.8 Å². The van der Waals surface area contributed by atoms with Gasteiger partial charge >= 0.3 is 11.9 Å². The second-order valence-electron chi connectivity index (χ2n) is 11.7. The standard InChI is InChI=1S/C29H42N4O7/c1-28(2,3)40-27(39)29(13-15-30-16-14-29)12-11-23(34)33-17-7-10-21(19-33)26(38)32-22(18-24(35)36)31-25(37)20-8-5-4-6-9-20/h4-6,8-9,21-22,30H,7,10-19H2,1-3H3,(H,31,37)(H,32,38)(H,35,36)/t21-,22-/m1/s1. The van der Waals surface area contributed by atoms with Gasteiger partial charge in [-0.1, -0.05) is 18.2 Å². The minimum Gasteiger partial charge on any atom is -0.481 e. The molecule has 3 rings (SSSR count). The van der Waals surface area contributed by atoms with Crippen molar-refractivity contribution in [2.75, 3.05) is 26.2 Å². The van der Waals surface area contributed by atoms with Gasteiger partial charge in [0, 0.05) is 25.1 Å². The highest BCUT2D eigenvalue weighted by Crippen LogP contribution is 2.37. The van der Waals surface area contributed by atoms with E-state index in [0.717, 1.165) is 0 Å². The lowest BCUT2D eigenvalue weighted by Crippen LogP contribution is -2.53. The van der Waals surface area contributed by atoms with Crippen LogP contribution in [-0.4, -0.2) is 77.6 Å². The fourth-order valence-electron chi connectivity index (χ4n) is 5.20. The molecule has 2 heterocycles. The smallest absolute Gasteiger partial charge is 0.312 e. The van der Waals surface area contributed by atoms with E-state index in [1.165, 1.54) is 0 Å². The molecule has 11 nitrogen and oxygen atoms in total. The maximum Gasteiger partial charge on any atom is 0.312 e. The minimum absolute atomic E-state index is 0.126. The van der Waals surface area contributed by atoms with Gasteiger partial charge in [-0.3, -0.25) is 24.0 Å². The summed E-state index contributed by atoms with van der Waals surface area (Å²) in [4.78, 5) is 65.0. The molecule has 0 aliphatic carbocycles. The summed E-state index contributed by atoms with van der Waals surface area (Å²) >= 11 is 0. The van der Waals surface area contributed by atoms with Crippen LogP contribution in [0.15, 0.2) is 30.3 Å². The average molecular weight is 559 g/mol. The molecule has 0 spiro atoms. The highest BCUT2D eigenvalue weighted by Gasteiger charge is 2.43. The van der Waals surface area contributed by atoms with Crippen LogP contribution in [0, 0.1) is 11.3 Å². The highest BCUT2D eigenvalue weighted by molar-refractivity contribution is 5.95. The molecule has 2 fully saturated rings. The molecule has 2 aliphatic rings. The lowest BCUT2D eigenvalue weighted by atomic mass is 9.75. The van der Waals surface area contributed by atoms with Crippen molar-refractivity contribution in [2.45, 2.75) is 77.5 Å². The molecular formula is C29H42N4O7. The molecule has 4 N–H and O–H groups in total. The van der Waals surface area contributed by atoms with Gasteiger partial charge in [0.2, 0.25) is 11.8 Å². The van der Waals surface area contributed by atoms with E-state index in [0.29, 0.717) is 57.3 Å². The summed E-state index contributed by atoms with van der Waals surface area (Å²) in [6, 6.07) is 8.32. The van der Waals surface area contributed by atoms with E-state index >= 15 is 0 Å². The molecule has 0 unspecified atom stereocenters. The first-order valence-corrected chi connectivity index (χ1v) is 14.0. The molecule has 2 saturated heterocycles. The number of carboxylic acids is 1. The van der Waals surface area contributed by atoms with Gasteiger partial charge in [0.15, 0.2) is 0 Å². The van der Waals surface area contributed by atoms with E-state index in [-0.39, 0.29) is 24.8 Å². The number of hydrogen-bond acceptors (Lipinski definition) is 7. The van der Waals surface area contributed by atoms with E-state index in [1.807, 2.05) is 20.8 Å². The second kappa shape index (κ2) is 13.7. The Morgan fingerprint density at radius 1 is 1.10 bits per heavy atom. The van der Waals surface area contributed by atoms with Crippen LogP contribution >= 0.6 is 0 Å². The van der Waals surface area contributed by atoms with Crippen molar-refractivity contribution in [3.05, 3.63) is 35.9 Å². The van der Waals surface area contributed by atoms with Crippen molar-refractivity contribution < 1.29 is 33.8 Å². The van der Waals surface area contributed by atoms with Gasteiger partial charge in [-0.15, -0.1) is 0 Å². The summed E-state index contributed by atoms with van der Waals surface area (Å²) in [5.41, 5.74) is -0.993. The zero-order chi connectivity index (χ0) is 29.3.